The number of hydrogen-bond donors (Lipinski definition) is 1. The maximum Gasteiger partial charge on any atom is 0.322 e. The standard InChI is InChI=1S/C16H15Cl2NO3/c1-21-16(20)13(19)8-10-4-2-3-5-14(10)22-15-7-6-11(17)9-12(15)18/h2-7,9,13H,8,19H2,1H3. The van der Waals surface area contributed by atoms with E-state index in [1.165, 1.54) is 7.11 Å². The zero-order chi connectivity index (χ0) is 16.1. The molecule has 0 saturated heterocycles. The lowest BCUT2D eigenvalue weighted by atomic mass is 10.1. The van der Waals surface area contributed by atoms with Crippen LogP contribution in [0.3, 0.4) is 0 Å². The van der Waals surface area contributed by atoms with E-state index in [1.54, 1.807) is 24.3 Å². The molecule has 116 valence electrons. The first-order valence-corrected chi connectivity index (χ1v) is 7.31. The van der Waals surface area contributed by atoms with Gasteiger partial charge in [-0.25, -0.2) is 0 Å². The summed E-state index contributed by atoms with van der Waals surface area (Å²) in [6.45, 7) is 0. The highest BCUT2D eigenvalue weighted by Gasteiger charge is 2.17. The van der Waals surface area contributed by atoms with Crippen LogP contribution in [0.5, 0.6) is 11.5 Å². The molecule has 22 heavy (non-hydrogen) atoms. The van der Waals surface area contributed by atoms with Gasteiger partial charge < -0.3 is 15.2 Å². The maximum absolute atomic E-state index is 11.5. The Morgan fingerprint density at radius 3 is 2.59 bits per heavy atom. The topological polar surface area (TPSA) is 61.5 Å². The Bertz CT molecular complexity index is 676. The first-order valence-electron chi connectivity index (χ1n) is 6.55. The van der Waals surface area contributed by atoms with Crippen molar-refractivity contribution in [1.82, 2.24) is 0 Å². The summed E-state index contributed by atoms with van der Waals surface area (Å²) in [6, 6.07) is 11.5. The average Bonchev–Trinajstić information content (AvgIpc) is 2.50. The van der Waals surface area contributed by atoms with Crippen molar-refractivity contribution in [1.29, 1.82) is 0 Å². The molecular weight excluding hydrogens is 325 g/mol. The SMILES string of the molecule is COC(=O)C(N)Cc1ccccc1Oc1ccc(Cl)cc1Cl. The highest BCUT2D eigenvalue weighted by atomic mass is 35.5. The molecular formula is C16H15Cl2NO3. The number of para-hydroxylation sites is 1. The third-order valence-electron chi connectivity index (χ3n) is 3.03. The smallest absolute Gasteiger partial charge is 0.322 e. The van der Waals surface area contributed by atoms with Crippen LogP contribution in [0.1, 0.15) is 5.56 Å². The Labute approximate surface area is 138 Å². The van der Waals surface area contributed by atoms with Gasteiger partial charge in [-0.3, -0.25) is 4.79 Å². The lowest BCUT2D eigenvalue weighted by molar-refractivity contribution is -0.142. The predicted molar refractivity (Wildman–Crippen MR) is 86.7 cm³/mol. The lowest BCUT2D eigenvalue weighted by Gasteiger charge is -2.14. The van der Waals surface area contributed by atoms with Gasteiger partial charge in [0.2, 0.25) is 0 Å². The van der Waals surface area contributed by atoms with E-state index in [1.807, 2.05) is 18.2 Å². The van der Waals surface area contributed by atoms with Gasteiger partial charge in [-0.2, -0.15) is 0 Å². The van der Waals surface area contributed by atoms with Crippen LogP contribution in [0.2, 0.25) is 10.0 Å². The highest BCUT2D eigenvalue weighted by molar-refractivity contribution is 6.35. The summed E-state index contributed by atoms with van der Waals surface area (Å²) < 4.78 is 10.4. The Hall–Kier alpha value is -1.75. The molecule has 6 heteroatoms. The number of rotatable bonds is 5. The van der Waals surface area contributed by atoms with E-state index in [2.05, 4.69) is 4.74 Å². The Balaban J connectivity index is 2.23. The van der Waals surface area contributed by atoms with Crippen LogP contribution in [0.15, 0.2) is 42.5 Å². The number of methoxy groups -OCH3 is 1. The van der Waals surface area contributed by atoms with Gasteiger partial charge in [-0.05, 0) is 29.8 Å². The third-order valence-corrected chi connectivity index (χ3v) is 3.56. The van der Waals surface area contributed by atoms with Gasteiger partial charge in [-0.15, -0.1) is 0 Å². The van der Waals surface area contributed by atoms with E-state index in [-0.39, 0.29) is 0 Å². The molecule has 0 heterocycles. The summed E-state index contributed by atoms with van der Waals surface area (Å²) in [5.41, 5.74) is 6.58. The minimum absolute atomic E-state index is 0.300. The fourth-order valence-electron chi connectivity index (χ4n) is 1.92. The van der Waals surface area contributed by atoms with Gasteiger partial charge in [0, 0.05) is 11.4 Å². The average molecular weight is 340 g/mol. The number of halogens is 2. The molecule has 0 aliphatic heterocycles. The largest absolute Gasteiger partial charge is 0.468 e. The van der Waals surface area contributed by atoms with Crippen molar-refractivity contribution < 1.29 is 14.3 Å². The van der Waals surface area contributed by atoms with E-state index in [4.69, 9.17) is 33.7 Å². The third kappa shape index (κ3) is 4.13. The number of carbonyl (C=O) groups excluding carboxylic acids is 1. The van der Waals surface area contributed by atoms with Crippen LogP contribution < -0.4 is 10.5 Å². The number of benzene rings is 2. The number of carbonyl (C=O) groups is 1. The summed E-state index contributed by atoms with van der Waals surface area (Å²) in [6.07, 6.45) is 0.300. The van der Waals surface area contributed by atoms with E-state index in [0.29, 0.717) is 28.0 Å². The van der Waals surface area contributed by atoms with Crippen molar-refractivity contribution in [2.45, 2.75) is 12.5 Å². The zero-order valence-corrected chi connectivity index (χ0v) is 13.4. The van der Waals surface area contributed by atoms with Crippen LogP contribution in [0.25, 0.3) is 0 Å². The van der Waals surface area contributed by atoms with Crippen LogP contribution in [-0.2, 0) is 16.0 Å². The van der Waals surface area contributed by atoms with Gasteiger partial charge in [-0.1, -0.05) is 41.4 Å². The predicted octanol–water partition coefficient (Wildman–Crippen LogP) is 3.83. The van der Waals surface area contributed by atoms with Crippen LogP contribution >= 0.6 is 23.2 Å². The molecule has 0 fully saturated rings. The first kappa shape index (κ1) is 16.6. The number of ether oxygens (including phenoxy) is 2. The molecule has 2 aromatic rings. The van der Waals surface area contributed by atoms with Crippen molar-refractivity contribution >= 4 is 29.2 Å². The zero-order valence-electron chi connectivity index (χ0n) is 11.9. The van der Waals surface area contributed by atoms with E-state index < -0.39 is 12.0 Å². The lowest BCUT2D eigenvalue weighted by Crippen LogP contribution is -2.33. The van der Waals surface area contributed by atoms with E-state index in [9.17, 15) is 4.79 Å². The quantitative estimate of drug-likeness (QED) is 0.841. The minimum Gasteiger partial charge on any atom is -0.468 e. The molecule has 0 aliphatic carbocycles. The molecule has 2 rings (SSSR count). The summed E-state index contributed by atoms with van der Waals surface area (Å²) in [7, 11) is 1.30. The van der Waals surface area contributed by atoms with Crippen LogP contribution in [-0.4, -0.2) is 19.1 Å². The molecule has 0 spiro atoms. The Morgan fingerprint density at radius 2 is 1.91 bits per heavy atom. The molecule has 4 nitrogen and oxygen atoms in total. The van der Waals surface area contributed by atoms with Crippen LogP contribution in [0, 0.1) is 0 Å². The number of hydrogen-bond acceptors (Lipinski definition) is 4. The van der Waals surface area contributed by atoms with Gasteiger partial charge in [0.25, 0.3) is 0 Å². The molecule has 0 aliphatic rings. The maximum atomic E-state index is 11.5. The van der Waals surface area contributed by atoms with Crippen molar-refractivity contribution in [2.24, 2.45) is 5.73 Å². The fourth-order valence-corrected chi connectivity index (χ4v) is 2.37. The molecule has 1 atom stereocenters. The summed E-state index contributed by atoms with van der Waals surface area (Å²) >= 11 is 12.0. The number of esters is 1. The van der Waals surface area contributed by atoms with Crippen molar-refractivity contribution in [3.8, 4) is 11.5 Å². The minimum atomic E-state index is -0.754. The molecule has 2 aromatic carbocycles. The molecule has 0 radical (unpaired) electrons. The highest BCUT2D eigenvalue weighted by Crippen LogP contribution is 2.33. The van der Waals surface area contributed by atoms with Crippen molar-refractivity contribution in [3.63, 3.8) is 0 Å². The molecule has 0 amide bonds. The summed E-state index contributed by atoms with van der Waals surface area (Å²) in [4.78, 5) is 11.5. The second-order valence-electron chi connectivity index (χ2n) is 4.62. The second-order valence-corrected chi connectivity index (χ2v) is 5.46. The van der Waals surface area contributed by atoms with Crippen molar-refractivity contribution in [2.75, 3.05) is 7.11 Å². The first-order chi connectivity index (χ1) is 10.5. The van der Waals surface area contributed by atoms with E-state index >= 15 is 0 Å². The normalized spacial score (nSPS) is 11.8. The monoisotopic (exact) mass is 339 g/mol. The molecule has 0 aromatic heterocycles. The second kappa shape index (κ2) is 7.49. The van der Waals surface area contributed by atoms with Crippen LogP contribution in [0.4, 0.5) is 0 Å². The molecule has 0 saturated carbocycles. The number of nitrogens with two attached hydrogens (primary N) is 1. The van der Waals surface area contributed by atoms with Gasteiger partial charge in [0.1, 0.15) is 17.5 Å². The van der Waals surface area contributed by atoms with Gasteiger partial charge in [0.15, 0.2) is 0 Å². The molecule has 0 bridgehead atoms. The van der Waals surface area contributed by atoms with E-state index in [0.717, 1.165) is 5.56 Å². The Kier molecular flexibility index (Phi) is 5.66. The molecule has 1 unspecified atom stereocenters. The van der Waals surface area contributed by atoms with Gasteiger partial charge in [0.05, 0.1) is 12.1 Å². The summed E-state index contributed by atoms with van der Waals surface area (Å²) in [5.74, 6) is 0.579. The van der Waals surface area contributed by atoms with Gasteiger partial charge >= 0.3 is 5.97 Å². The Morgan fingerprint density at radius 1 is 1.18 bits per heavy atom. The molecule has 2 N–H and O–H groups in total. The summed E-state index contributed by atoms with van der Waals surface area (Å²) in [5, 5.41) is 0.929. The van der Waals surface area contributed by atoms with Crippen molar-refractivity contribution in [3.05, 3.63) is 58.1 Å². The fraction of sp³-hybridized carbons (Fsp3) is 0.188.